The van der Waals surface area contributed by atoms with Gasteiger partial charge in [-0.15, -0.1) is 0 Å². The zero-order chi connectivity index (χ0) is 19.3. The number of rotatable bonds is 8. The number of carbonyl (C=O) groups is 3. The summed E-state index contributed by atoms with van der Waals surface area (Å²) in [5.41, 5.74) is 2.75. The van der Waals surface area contributed by atoms with Crippen LogP contribution in [0.15, 0.2) is 18.2 Å². The van der Waals surface area contributed by atoms with Gasteiger partial charge in [-0.1, -0.05) is 18.2 Å². The number of anilines is 1. The first-order valence-electron chi connectivity index (χ1n) is 8.84. The van der Waals surface area contributed by atoms with Crippen molar-refractivity contribution in [3.05, 3.63) is 29.3 Å². The molecule has 7 heteroatoms. The smallest absolute Gasteiger partial charge is 0.243 e. The van der Waals surface area contributed by atoms with Gasteiger partial charge in [0.05, 0.1) is 19.6 Å². The molecule has 0 heterocycles. The molecule has 0 aromatic heterocycles. The van der Waals surface area contributed by atoms with Gasteiger partial charge in [-0.25, -0.2) is 0 Å². The van der Waals surface area contributed by atoms with Crippen molar-refractivity contribution in [3.8, 4) is 0 Å². The molecule has 0 atom stereocenters. The summed E-state index contributed by atoms with van der Waals surface area (Å²) in [7, 11) is 3.31. The molecule has 7 nitrogen and oxygen atoms in total. The Labute approximate surface area is 154 Å². The van der Waals surface area contributed by atoms with Gasteiger partial charge in [0.1, 0.15) is 0 Å². The fraction of sp³-hybridized carbons (Fsp3) is 0.526. The minimum atomic E-state index is -0.243. The van der Waals surface area contributed by atoms with E-state index in [9.17, 15) is 14.4 Å². The second-order valence-corrected chi connectivity index (χ2v) is 7.08. The van der Waals surface area contributed by atoms with E-state index in [0.717, 1.165) is 29.7 Å². The van der Waals surface area contributed by atoms with Crippen molar-refractivity contribution in [2.24, 2.45) is 0 Å². The summed E-state index contributed by atoms with van der Waals surface area (Å²) in [6.07, 6.45) is 2.07. The zero-order valence-electron chi connectivity index (χ0n) is 16.0. The van der Waals surface area contributed by atoms with Crippen molar-refractivity contribution in [1.29, 1.82) is 0 Å². The molecule has 0 aliphatic heterocycles. The average molecular weight is 360 g/mol. The van der Waals surface area contributed by atoms with Crippen LogP contribution in [0.5, 0.6) is 0 Å². The number of nitrogens with zero attached hydrogens (tertiary/aromatic N) is 2. The fourth-order valence-corrected chi connectivity index (χ4v) is 2.65. The van der Waals surface area contributed by atoms with Crippen LogP contribution in [0, 0.1) is 13.8 Å². The number of likely N-dealkylation sites (N-methyl/N-ethyl adjacent to an activating group) is 2. The van der Waals surface area contributed by atoms with E-state index in [1.165, 1.54) is 4.90 Å². The fourth-order valence-electron chi connectivity index (χ4n) is 2.65. The summed E-state index contributed by atoms with van der Waals surface area (Å²) in [6, 6.07) is 6.10. The quantitative estimate of drug-likeness (QED) is 0.722. The number of amides is 3. The van der Waals surface area contributed by atoms with Crippen LogP contribution in [0.4, 0.5) is 5.69 Å². The van der Waals surface area contributed by atoms with Crippen LogP contribution >= 0.6 is 0 Å². The molecular formula is C19H28N4O3. The lowest BCUT2D eigenvalue weighted by molar-refractivity contribution is -0.134. The van der Waals surface area contributed by atoms with E-state index in [1.807, 2.05) is 32.0 Å². The summed E-state index contributed by atoms with van der Waals surface area (Å²) in [6.45, 7) is 4.09. The van der Waals surface area contributed by atoms with E-state index in [0.29, 0.717) is 6.04 Å². The highest BCUT2D eigenvalue weighted by molar-refractivity contribution is 5.96. The molecule has 0 saturated heterocycles. The van der Waals surface area contributed by atoms with Gasteiger partial charge >= 0.3 is 0 Å². The van der Waals surface area contributed by atoms with Gasteiger partial charge in [-0.05, 0) is 44.9 Å². The van der Waals surface area contributed by atoms with Gasteiger partial charge in [-0.3, -0.25) is 19.3 Å². The SMILES string of the molecule is Cc1cccc(C)c1NC(=O)CN(C)C(=O)CN(C)CC(=O)NC1CC1. The lowest BCUT2D eigenvalue weighted by atomic mass is 10.1. The summed E-state index contributed by atoms with van der Waals surface area (Å²) in [5.74, 6) is -0.519. The van der Waals surface area contributed by atoms with Gasteiger partial charge < -0.3 is 15.5 Å². The topological polar surface area (TPSA) is 81.8 Å². The Morgan fingerprint density at radius 2 is 1.62 bits per heavy atom. The third-order valence-corrected chi connectivity index (χ3v) is 4.31. The third kappa shape index (κ3) is 6.15. The van der Waals surface area contributed by atoms with Crippen LogP contribution in [-0.2, 0) is 14.4 Å². The standard InChI is InChI=1S/C19H28N4O3/c1-13-6-5-7-14(2)19(13)21-17(25)11-23(4)18(26)12-22(3)10-16(24)20-15-8-9-15/h5-7,15H,8-12H2,1-4H3,(H,20,24)(H,21,25). The van der Waals surface area contributed by atoms with Crippen LogP contribution < -0.4 is 10.6 Å². The van der Waals surface area contributed by atoms with Crippen molar-refractivity contribution < 1.29 is 14.4 Å². The predicted molar refractivity (Wildman–Crippen MR) is 101 cm³/mol. The number of para-hydroxylation sites is 1. The van der Waals surface area contributed by atoms with Gasteiger partial charge in [0.15, 0.2) is 0 Å². The molecule has 2 rings (SSSR count). The molecule has 1 fully saturated rings. The molecule has 0 unspecified atom stereocenters. The minimum Gasteiger partial charge on any atom is -0.352 e. The minimum absolute atomic E-state index is 0.0330. The van der Waals surface area contributed by atoms with Crippen LogP contribution in [0.1, 0.15) is 24.0 Å². The highest BCUT2D eigenvalue weighted by Gasteiger charge is 2.24. The number of carbonyl (C=O) groups excluding carboxylic acids is 3. The molecule has 1 saturated carbocycles. The molecule has 0 radical (unpaired) electrons. The first kappa shape index (κ1) is 19.9. The summed E-state index contributed by atoms with van der Waals surface area (Å²) >= 11 is 0. The Balaban J connectivity index is 1.78. The van der Waals surface area contributed by atoms with Gasteiger partial charge in [0.2, 0.25) is 17.7 Å². The lowest BCUT2D eigenvalue weighted by Gasteiger charge is -2.21. The molecule has 1 aromatic rings. The third-order valence-electron chi connectivity index (χ3n) is 4.31. The maximum absolute atomic E-state index is 12.3. The lowest BCUT2D eigenvalue weighted by Crippen LogP contribution is -2.43. The van der Waals surface area contributed by atoms with E-state index in [-0.39, 0.29) is 37.4 Å². The Bertz CT molecular complexity index is 665. The monoisotopic (exact) mass is 360 g/mol. The van der Waals surface area contributed by atoms with Crippen molar-refractivity contribution >= 4 is 23.4 Å². The number of hydrogen-bond donors (Lipinski definition) is 2. The highest BCUT2D eigenvalue weighted by atomic mass is 16.2. The Morgan fingerprint density at radius 1 is 1.00 bits per heavy atom. The number of benzene rings is 1. The first-order chi connectivity index (χ1) is 12.3. The summed E-state index contributed by atoms with van der Waals surface area (Å²) < 4.78 is 0. The molecule has 1 aliphatic rings. The molecule has 1 aliphatic carbocycles. The van der Waals surface area contributed by atoms with Gasteiger partial charge in [-0.2, -0.15) is 0 Å². The Morgan fingerprint density at radius 3 is 2.19 bits per heavy atom. The van der Waals surface area contributed by atoms with Crippen LogP contribution in [0.25, 0.3) is 0 Å². The molecule has 2 N–H and O–H groups in total. The Hall–Kier alpha value is -2.41. The molecule has 142 valence electrons. The number of nitrogens with one attached hydrogen (secondary N) is 2. The van der Waals surface area contributed by atoms with Gasteiger partial charge in [0, 0.05) is 18.8 Å². The van der Waals surface area contributed by atoms with Gasteiger partial charge in [0.25, 0.3) is 0 Å². The van der Waals surface area contributed by atoms with E-state index in [2.05, 4.69) is 10.6 Å². The molecule has 0 bridgehead atoms. The predicted octanol–water partition coefficient (Wildman–Crippen LogP) is 0.911. The molecular weight excluding hydrogens is 332 g/mol. The van der Waals surface area contributed by atoms with Crippen molar-refractivity contribution in [2.45, 2.75) is 32.7 Å². The normalized spacial score (nSPS) is 13.4. The molecule has 3 amide bonds. The van der Waals surface area contributed by atoms with Crippen LogP contribution in [-0.4, -0.2) is 67.3 Å². The number of aryl methyl sites for hydroxylation is 2. The second kappa shape index (κ2) is 8.80. The largest absolute Gasteiger partial charge is 0.352 e. The van der Waals surface area contributed by atoms with Crippen molar-refractivity contribution in [2.75, 3.05) is 39.0 Å². The van der Waals surface area contributed by atoms with Crippen LogP contribution in [0.3, 0.4) is 0 Å². The molecule has 26 heavy (non-hydrogen) atoms. The van der Waals surface area contributed by atoms with Crippen molar-refractivity contribution in [3.63, 3.8) is 0 Å². The summed E-state index contributed by atoms with van der Waals surface area (Å²) in [4.78, 5) is 39.3. The average Bonchev–Trinajstić information content (AvgIpc) is 3.34. The highest BCUT2D eigenvalue weighted by Crippen LogP contribution is 2.19. The van der Waals surface area contributed by atoms with Crippen molar-refractivity contribution in [1.82, 2.24) is 15.1 Å². The van der Waals surface area contributed by atoms with E-state index < -0.39 is 0 Å². The first-order valence-corrected chi connectivity index (χ1v) is 8.84. The van der Waals surface area contributed by atoms with E-state index in [1.54, 1.807) is 19.0 Å². The van der Waals surface area contributed by atoms with E-state index >= 15 is 0 Å². The zero-order valence-corrected chi connectivity index (χ0v) is 16.0. The Kier molecular flexibility index (Phi) is 6.74. The maximum Gasteiger partial charge on any atom is 0.243 e. The maximum atomic E-state index is 12.3. The molecule has 1 aromatic carbocycles. The summed E-state index contributed by atoms with van der Waals surface area (Å²) in [5, 5.41) is 5.76. The van der Waals surface area contributed by atoms with Crippen LogP contribution in [0.2, 0.25) is 0 Å². The number of hydrogen-bond acceptors (Lipinski definition) is 4. The second-order valence-electron chi connectivity index (χ2n) is 7.08. The molecule has 0 spiro atoms. The van der Waals surface area contributed by atoms with E-state index in [4.69, 9.17) is 0 Å².